The summed E-state index contributed by atoms with van der Waals surface area (Å²) in [6, 6.07) is 7.92. The van der Waals surface area contributed by atoms with Crippen LogP contribution in [0.4, 0.5) is 5.69 Å². The third-order valence-corrected chi connectivity index (χ3v) is 4.46. The maximum absolute atomic E-state index is 12.1. The van der Waals surface area contributed by atoms with Gasteiger partial charge in [-0.15, -0.1) is 0 Å². The van der Waals surface area contributed by atoms with Crippen LogP contribution in [0.25, 0.3) is 0 Å². The van der Waals surface area contributed by atoms with Gasteiger partial charge in [-0.25, -0.2) is 0 Å². The molecule has 0 aromatic heterocycles. The average molecular weight is 279 g/mol. The van der Waals surface area contributed by atoms with Crippen LogP contribution in [0.5, 0.6) is 0 Å². The average Bonchev–Trinajstić information content (AvgIpc) is 3.16. The number of carbonyl (C=O) groups is 1. The van der Waals surface area contributed by atoms with Crippen LogP contribution < -0.4 is 4.90 Å². The Labute approximate surface area is 119 Å². The second-order valence-electron chi connectivity index (χ2n) is 5.61. The van der Waals surface area contributed by atoms with Crippen molar-refractivity contribution in [1.29, 1.82) is 0 Å². The summed E-state index contributed by atoms with van der Waals surface area (Å²) >= 11 is 5.90. The van der Waals surface area contributed by atoms with E-state index in [9.17, 15) is 4.79 Å². The SMILES string of the molecule is CC1CC1C(=O)N1CCN(c2ccc(Cl)cc2)CC1. The lowest BCUT2D eigenvalue weighted by Crippen LogP contribution is -2.49. The van der Waals surface area contributed by atoms with Gasteiger partial charge in [0.25, 0.3) is 0 Å². The van der Waals surface area contributed by atoms with E-state index in [1.807, 2.05) is 29.2 Å². The molecule has 1 aliphatic heterocycles. The Balaban J connectivity index is 1.57. The summed E-state index contributed by atoms with van der Waals surface area (Å²) in [6.07, 6.45) is 1.08. The van der Waals surface area contributed by atoms with E-state index in [0.717, 1.165) is 37.6 Å². The van der Waals surface area contributed by atoms with Gasteiger partial charge in [-0.1, -0.05) is 18.5 Å². The molecule has 1 aromatic carbocycles. The Kier molecular flexibility index (Phi) is 3.40. The first-order chi connectivity index (χ1) is 9.15. The van der Waals surface area contributed by atoms with E-state index in [1.54, 1.807) is 0 Å². The fourth-order valence-corrected chi connectivity index (χ4v) is 2.86. The van der Waals surface area contributed by atoms with Gasteiger partial charge in [-0.2, -0.15) is 0 Å². The van der Waals surface area contributed by atoms with E-state index in [2.05, 4.69) is 11.8 Å². The quantitative estimate of drug-likeness (QED) is 0.830. The zero-order chi connectivity index (χ0) is 13.4. The van der Waals surface area contributed by atoms with Crippen molar-refractivity contribution in [1.82, 2.24) is 4.90 Å². The van der Waals surface area contributed by atoms with Gasteiger partial charge in [0.15, 0.2) is 0 Å². The minimum absolute atomic E-state index is 0.307. The number of benzene rings is 1. The van der Waals surface area contributed by atoms with Crippen LogP contribution in [0.15, 0.2) is 24.3 Å². The van der Waals surface area contributed by atoms with Gasteiger partial charge < -0.3 is 9.80 Å². The van der Waals surface area contributed by atoms with Crippen LogP contribution >= 0.6 is 11.6 Å². The molecule has 0 N–H and O–H groups in total. The van der Waals surface area contributed by atoms with Crippen molar-refractivity contribution in [2.45, 2.75) is 13.3 Å². The number of rotatable bonds is 2. The molecular formula is C15H19ClN2O. The van der Waals surface area contributed by atoms with Gasteiger partial charge in [-0.3, -0.25) is 4.79 Å². The molecule has 4 heteroatoms. The molecule has 2 unspecified atom stereocenters. The molecule has 2 atom stereocenters. The smallest absolute Gasteiger partial charge is 0.226 e. The highest BCUT2D eigenvalue weighted by molar-refractivity contribution is 6.30. The highest BCUT2D eigenvalue weighted by Gasteiger charge is 2.41. The predicted octanol–water partition coefficient (Wildman–Crippen LogP) is 2.64. The zero-order valence-electron chi connectivity index (χ0n) is 11.2. The number of piperazine rings is 1. The molecule has 1 amide bonds. The van der Waals surface area contributed by atoms with Crippen molar-refractivity contribution in [3.8, 4) is 0 Å². The molecular weight excluding hydrogens is 260 g/mol. The van der Waals surface area contributed by atoms with Gasteiger partial charge in [0.05, 0.1) is 0 Å². The zero-order valence-corrected chi connectivity index (χ0v) is 11.9. The lowest BCUT2D eigenvalue weighted by molar-refractivity contribution is -0.133. The fraction of sp³-hybridized carbons (Fsp3) is 0.533. The first-order valence-corrected chi connectivity index (χ1v) is 7.32. The number of nitrogens with zero attached hydrogens (tertiary/aromatic N) is 2. The number of anilines is 1. The van der Waals surface area contributed by atoms with Gasteiger partial charge in [0.1, 0.15) is 0 Å². The molecule has 1 saturated heterocycles. The molecule has 1 aliphatic carbocycles. The highest BCUT2D eigenvalue weighted by atomic mass is 35.5. The standard InChI is InChI=1S/C15H19ClN2O/c1-11-10-14(11)15(19)18-8-6-17(7-9-18)13-4-2-12(16)3-5-13/h2-5,11,14H,6-10H2,1H3. The van der Waals surface area contributed by atoms with Gasteiger partial charge in [-0.05, 0) is 36.6 Å². The van der Waals surface area contributed by atoms with E-state index in [-0.39, 0.29) is 0 Å². The van der Waals surface area contributed by atoms with Gasteiger partial charge >= 0.3 is 0 Å². The van der Waals surface area contributed by atoms with Crippen molar-refractivity contribution < 1.29 is 4.79 Å². The van der Waals surface area contributed by atoms with Crippen molar-refractivity contribution in [2.24, 2.45) is 11.8 Å². The summed E-state index contributed by atoms with van der Waals surface area (Å²) in [5.41, 5.74) is 1.19. The van der Waals surface area contributed by atoms with Crippen molar-refractivity contribution in [3.63, 3.8) is 0 Å². The van der Waals surface area contributed by atoms with Crippen LogP contribution in [0.2, 0.25) is 5.02 Å². The maximum Gasteiger partial charge on any atom is 0.226 e. The Morgan fingerprint density at radius 3 is 2.26 bits per heavy atom. The minimum atomic E-state index is 0.307. The molecule has 19 heavy (non-hydrogen) atoms. The van der Waals surface area contributed by atoms with E-state index in [0.29, 0.717) is 17.7 Å². The summed E-state index contributed by atoms with van der Waals surface area (Å²) in [5, 5.41) is 0.764. The summed E-state index contributed by atoms with van der Waals surface area (Å²) < 4.78 is 0. The van der Waals surface area contributed by atoms with E-state index in [4.69, 9.17) is 11.6 Å². The summed E-state index contributed by atoms with van der Waals surface area (Å²) in [6.45, 7) is 5.66. The molecule has 3 rings (SSSR count). The number of amides is 1. The second kappa shape index (κ2) is 5.04. The second-order valence-corrected chi connectivity index (χ2v) is 6.04. The van der Waals surface area contributed by atoms with Crippen LogP contribution in [-0.4, -0.2) is 37.0 Å². The first-order valence-electron chi connectivity index (χ1n) is 6.94. The highest BCUT2D eigenvalue weighted by Crippen LogP contribution is 2.39. The molecule has 0 spiro atoms. The predicted molar refractivity (Wildman–Crippen MR) is 77.5 cm³/mol. The Hall–Kier alpha value is -1.22. The molecule has 102 valence electrons. The molecule has 2 aliphatic rings. The van der Waals surface area contributed by atoms with Crippen molar-refractivity contribution in [3.05, 3.63) is 29.3 Å². The summed E-state index contributed by atoms with van der Waals surface area (Å²) in [5.74, 6) is 1.27. The largest absolute Gasteiger partial charge is 0.368 e. The van der Waals surface area contributed by atoms with Crippen molar-refractivity contribution in [2.75, 3.05) is 31.1 Å². The van der Waals surface area contributed by atoms with Crippen LogP contribution in [0, 0.1) is 11.8 Å². The molecule has 0 bridgehead atoms. The lowest BCUT2D eigenvalue weighted by Gasteiger charge is -2.36. The monoisotopic (exact) mass is 278 g/mol. The molecule has 0 radical (unpaired) electrons. The molecule has 1 aromatic rings. The van der Waals surface area contributed by atoms with Crippen LogP contribution in [-0.2, 0) is 4.79 Å². The molecule has 1 heterocycles. The summed E-state index contributed by atoms with van der Waals surface area (Å²) in [7, 11) is 0. The third kappa shape index (κ3) is 2.71. The molecule has 3 nitrogen and oxygen atoms in total. The normalized spacial score (nSPS) is 26.4. The van der Waals surface area contributed by atoms with Crippen molar-refractivity contribution >= 4 is 23.2 Å². The van der Waals surface area contributed by atoms with E-state index < -0.39 is 0 Å². The minimum Gasteiger partial charge on any atom is -0.368 e. The van der Waals surface area contributed by atoms with Gasteiger partial charge in [0, 0.05) is 42.8 Å². The van der Waals surface area contributed by atoms with Crippen LogP contribution in [0.3, 0.4) is 0 Å². The lowest BCUT2D eigenvalue weighted by atomic mass is 10.2. The number of carbonyl (C=O) groups excluding carboxylic acids is 1. The van der Waals surface area contributed by atoms with Crippen LogP contribution in [0.1, 0.15) is 13.3 Å². The Morgan fingerprint density at radius 1 is 1.16 bits per heavy atom. The Bertz CT molecular complexity index is 466. The Morgan fingerprint density at radius 2 is 1.74 bits per heavy atom. The van der Waals surface area contributed by atoms with E-state index in [1.165, 1.54) is 5.69 Å². The first kappa shape index (κ1) is 12.8. The number of hydrogen-bond acceptors (Lipinski definition) is 2. The molecule has 1 saturated carbocycles. The number of hydrogen-bond donors (Lipinski definition) is 0. The van der Waals surface area contributed by atoms with E-state index >= 15 is 0 Å². The fourth-order valence-electron chi connectivity index (χ4n) is 2.74. The number of halogens is 1. The molecule has 2 fully saturated rings. The van der Waals surface area contributed by atoms with Gasteiger partial charge in [0.2, 0.25) is 5.91 Å². The topological polar surface area (TPSA) is 23.6 Å². The maximum atomic E-state index is 12.1. The third-order valence-electron chi connectivity index (χ3n) is 4.21. The summed E-state index contributed by atoms with van der Waals surface area (Å²) in [4.78, 5) is 16.5.